The molecule has 1 aromatic rings. The molecule has 0 aromatic heterocycles. The standard InChI is InChI=1S/C14H19F2N3.HI/c1-9(12-7-6-10(15)8-13(12)16)18-14(17-2)19-11-4-3-5-11;/h6-9,11H,3-5H2,1-2H3,(H2,17,18,19);1H. The average Bonchev–Trinajstić information content (AvgIpc) is 2.31. The van der Waals surface area contributed by atoms with Gasteiger partial charge < -0.3 is 10.6 Å². The van der Waals surface area contributed by atoms with E-state index in [1.54, 1.807) is 7.05 Å². The first-order chi connectivity index (χ1) is 9.10. The molecule has 0 aliphatic heterocycles. The van der Waals surface area contributed by atoms with Gasteiger partial charge >= 0.3 is 0 Å². The first-order valence-electron chi connectivity index (χ1n) is 6.55. The number of nitrogens with zero attached hydrogens (tertiary/aromatic N) is 1. The van der Waals surface area contributed by atoms with E-state index in [-0.39, 0.29) is 30.0 Å². The van der Waals surface area contributed by atoms with E-state index < -0.39 is 11.6 Å². The van der Waals surface area contributed by atoms with E-state index in [2.05, 4.69) is 15.6 Å². The number of benzene rings is 1. The second-order valence-corrected chi connectivity index (χ2v) is 4.88. The molecule has 1 aromatic carbocycles. The van der Waals surface area contributed by atoms with E-state index in [0.29, 0.717) is 17.6 Å². The Balaban J connectivity index is 0.00000200. The minimum atomic E-state index is -0.564. The van der Waals surface area contributed by atoms with Gasteiger partial charge in [-0.3, -0.25) is 4.99 Å². The smallest absolute Gasteiger partial charge is 0.191 e. The molecule has 1 fully saturated rings. The highest BCUT2D eigenvalue weighted by Gasteiger charge is 2.20. The van der Waals surface area contributed by atoms with Crippen LogP contribution >= 0.6 is 24.0 Å². The molecule has 1 atom stereocenters. The van der Waals surface area contributed by atoms with E-state index in [9.17, 15) is 8.78 Å². The molecule has 1 unspecified atom stereocenters. The SMILES string of the molecule is CN=C(NC1CCC1)NC(C)c1ccc(F)cc1F.I. The van der Waals surface area contributed by atoms with Gasteiger partial charge in [0.2, 0.25) is 0 Å². The van der Waals surface area contributed by atoms with Crippen LogP contribution in [0.3, 0.4) is 0 Å². The van der Waals surface area contributed by atoms with Gasteiger partial charge in [0.25, 0.3) is 0 Å². The van der Waals surface area contributed by atoms with E-state index in [4.69, 9.17) is 0 Å². The lowest BCUT2D eigenvalue weighted by molar-refractivity contribution is 0.378. The highest BCUT2D eigenvalue weighted by atomic mass is 127. The Morgan fingerprint density at radius 3 is 2.55 bits per heavy atom. The summed E-state index contributed by atoms with van der Waals surface area (Å²) in [4.78, 5) is 4.12. The van der Waals surface area contributed by atoms with E-state index >= 15 is 0 Å². The summed E-state index contributed by atoms with van der Waals surface area (Å²) in [5.74, 6) is -0.453. The number of halogens is 3. The van der Waals surface area contributed by atoms with Gasteiger partial charge in [-0.1, -0.05) is 6.07 Å². The molecular weight excluding hydrogens is 375 g/mol. The second-order valence-electron chi connectivity index (χ2n) is 4.88. The molecule has 1 aliphatic rings. The Morgan fingerprint density at radius 1 is 1.35 bits per heavy atom. The quantitative estimate of drug-likeness (QED) is 0.468. The maximum Gasteiger partial charge on any atom is 0.191 e. The number of hydrogen-bond acceptors (Lipinski definition) is 1. The van der Waals surface area contributed by atoms with Crippen molar-refractivity contribution in [3.8, 4) is 0 Å². The van der Waals surface area contributed by atoms with Crippen LogP contribution in [-0.4, -0.2) is 19.0 Å². The molecular formula is C14H20F2IN3. The maximum absolute atomic E-state index is 13.7. The highest BCUT2D eigenvalue weighted by Crippen LogP contribution is 2.19. The molecule has 2 N–H and O–H groups in total. The average molecular weight is 395 g/mol. The zero-order valence-corrected chi connectivity index (χ0v) is 13.9. The summed E-state index contributed by atoms with van der Waals surface area (Å²) in [5.41, 5.74) is 0.429. The van der Waals surface area contributed by atoms with E-state index in [1.165, 1.54) is 18.6 Å². The third-order valence-corrected chi connectivity index (χ3v) is 3.45. The molecule has 1 saturated carbocycles. The first kappa shape index (κ1) is 17.1. The third kappa shape index (κ3) is 4.29. The van der Waals surface area contributed by atoms with Crippen molar-refractivity contribution in [1.82, 2.24) is 10.6 Å². The van der Waals surface area contributed by atoms with Crippen LogP contribution in [0.5, 0.6) is 0 Å². The van der Waals surface area contributed by atoms with E-state index in [0.717, 1.165) is 18.9 Å². The minimum Gasteiger partial charge on any atom is -0.354 e. The predicted molar refractivity (Wildman–Crippen MR) is 87.5 cm³/mol. The van der Waals surface area contributed by atoms with Gasteiger partial charge in [-0.05, 0) is 32.3 Å². The number of rotatable bonds is 3. The lowest BCUT2D eigenvalue weighted by Gasteiger charge is -2.29. The van der Waals surface area contributed by atoms with E-state index in [1.807, 2.05) is 6.92 Å². The zero-order chi connectivity index (χ0) is 13.8. The molecule has 0 heterocycles. The molecule has 0 amide bonds. The molecule has 20 heavy (non-hydrogen) atoms. The number of nitrogens with one attached hydrogen (secondary N) is 2. The summed E-state index contributed by atoms with van der Waals surface area (Å²) in [7, 11) is 1.68. The summed E-state index contributed by atoms with van der Waals surface area (Å²) >= 11 is 0. The Labute approximate surface area is 135 Å². The van der Waals surface area contributed by atoms with Crippen molar-refractivity contribution in [1.29, 1.82) is 0 Å². The number of aliphatic imine (C=N–C) groups is 1. The van der Waals surface area contributed by atoms with Crippen LogP contribution in [-0.2, 0) is 0 Å². The van der Waals surface area contributed by atoms with Gasteiger partial charge in [-0.25, -0.2) is 8.78 Å². The molecule has 0 bridgehead atoms. The summed E-state index contributed by atoms with van der Waals surface area (Å²) in [6.07, 6.45) is 3.51. The molecule has 3 nitrogen and oxygen atoms in total. The van der Waals surface area contributed by atoms with Crippen molar-refractivity contribution in [2.24, 2.45) is 4.99 Å². The summed E-state index contributed by atoms with van der Waals surface area (Å²) in [5, 5.41) is 6.40. The summed E-state index contributed by atoms with van der Waals surface area (Å²) in [6.45, 7) is 1.82. The van der Waals surface area contributed by atoms with Crippen molar-refractivity contribution in [3.05, 3.63) is 35.4 Å². The van der Waals surface area contributed by atoms with Crippen molar-refractivity contribution in [2.45, 2.75) is 38.3 Å². The van der Waals surface area contributed by atoms with Crippen LogP contribution in [0.25, 0.3) is 0 Å². The van der Waals surface area contributed by atoms with Gasteiger partial charge in [0.15, 0.2) is 5.96 Å². The molecule has 112 valence electrons. The topological polar surface area (TPSA) is 36.4 Å². The Hall–Kier alpha value is -0.920. The molecule has 1 aliphatic carbocycles. The highest BCUT2D eigenvalue weighted by molar-refractivity contribution is 14.0. The minimum absolute atomic E-state index is 0. The number of guanidine groups is 1. The van der Waals surface area contributed by atoms with Gasteiger partial charge in [-0.15, -0.1) is 24.0 Å². The normalized spacial score (nSPS) is 16.9. The molecule has 0 radical (unpaired) electrons. The summed E-state index contributed by atoms with van der Waals surface area (Å²) in [6, 6.07) is 3.80. The van der Waals surface area contributed by atoms with Crippen molar-refractivity contribution < 1.29 is 8.78 Å². The predicted octanol–water partition coefficient (Wildman–Crippen LogP) is 3.36. The fraction of sp³-hybridized carbons (Fsp3) is 0.500. The van der Waals surface area contributed by atoms with Gasteiger partial charge in [0.05, 0.1) is 6.04 Å². The lowest BCUT2D eigenvalue weighted by atomic mass is 9.93. The van der Waals surface area contributed by atoms with Gasteiger partial charge in [0.1, 0.15) is 11.6 Å². The third-order valence-electron chi connectivity index (χ3n) is 3.45. The van der Waals surface area contributed by atoms with Crippen molar-refractivity contribution in [3.63, 3.8) is 0 Å². The van der Waals surface area contributed by atoms with Crippen LogP contribution < -0.4 is 10.6 Å². The molecule has 6 heteroatoms. The zero-order valence-electron chi connectivity index (χ0n) is 11.6. The second kappa shape index (κ2) is 7.75. The Kier molecular flexibility index (Phi) is 6.64. The molecule has 0 saturated heterocycles. The van der Waals surface area contributed by atoms with Crippen molar-refractivity contribution in [2.75, 3.05) is 7.05 Å². The Bertz CT molecular complexity index is 475. The largest absolute Gasteiger partial charge is 0.354 e. The van der Waals surface area contributed by atoms with Crippen LogP contribution in [0.1, 0.15) is 37.8 Å². The molecule has 2 rings (SSSR count). The van der Waals surface area contributed by atoms with Gasteiger partial charge in [0, 0.05) is 24.7 Å². The first-order valence-corrected chi connectivity index (χ1v) is 6.55. The monoisotopic (exact) mass is 395 g/mol. The summed E-state index contributed by atoms with van der Waals surface area (Å²) < 4.78 is 26.5. The van der Waals surface area contributed by atoms with Crippen molar-refractivity contribution >= 4 is 29.9 Å². The van der Waals surface area contributed by atoms with Crippen LogP contribution in [0.4, 0.5) is 8.78 Å². The van der Waals surface area contributed by atoms with Crippen LogP contribution in [0, 0.1) is 11.6 Å². The fourth-order valence-electron chi connectivity index (χ4n) is 2.05. The van der Waals surface area contributed by atoms with Crippen LogP contribution in [0.2, 0.25) is 0 Å². The maximum atomic E-state index is 13.7. The van der Waals surface area contributed by atoms with Gasteiger partial charge in [-0.2, -0.15) is 0 Å². The van der Waals surface area contributed by atoms with Crippen LogP contribution in [0.15, 0.2) is 23.2 Å². The lowest BCUT2D eigenvalue weighted by Crippen LogP contribution is -2.47. The Morgan fingerprint density at radius 2 is 2.05 bits per heavy atom. The molecule has 0 spiro atoms. The number of hydrogen-bond donors (Lipinski definition) is 2. The fourth-order valence-corrected chi connectivity index (χ4v) is 2.05.